The second-order valence-corrected chi connectivity index (χ2v) is 5.66. The van der Waals surface area contributed by atoms with E-state index < -0.39 is 5.60 Å². The number of carbonyl (C=O) groups is 2. The maximum atomic E-state index is 11.7. The monoisotopic (exact) mass is 286 g/mol. The minimum absolute atomic E-state index is 0.0138. The van der Waals surface area contributed by atoms with Gasteiger partial charge in [-0.1, -0.05) is 50.1 Å². The van der Waals surface area contributed by atoms with E-state index in [0.29, 0.717) is 6.42 Å². The minimum Gasteiger partial charge on any atom is -0.446 e. The van der Waals surface area contributed by atoms with E-state index in [1.54, 1.807) is 6.92 Å². The molecular formula is C18H22O3. The lowest BCUT2D eigenvalue weighted by atomic mass is 9.76. The average Bonchev–Trinajstić information content (AvgIpc) is 2.87. The summed E-state index contributed by atoms with van der Waals surface area (Å²) >= 11 is 0. The van der Waals surface area contributed by atoms with Gasteiger partial charge < -0.3 is 9.53 Å². The van der Waals surface area contributed by atoms with Gasteiger partial charge in [0.1, 0.15) is 5.78 Å². The Morgan fingerprint density at radius 2 is 2.00 bits per heavy atom. The Balaban J connectivity index is 2.39. The van der Waals surface area contributed by atoms with Crippen LogP contribution in [0.1, 0.15) is 45.1 Å². The van der Waals surface area contributed by atoms with Crippen molar-refractivity contribution >= 4 is 11.8 Å². The predicted molar refractivity (Wildman–Crippen MR) is 81.7 cm³/mol. The van der Waals surface area contributed by atoms with Crippen LogP contribution in [0.25, 0.3) is 0 Å². The zero-order valence-corrected chi connectivity index (χ0v) is 12.7. The lowest BCUT2D eigenvalue weighted by Gasteiger charge is -2.35. The molecule has 3 nitrogen and oxygen atoms in total. The topological polar surface area (TPSA) is 43.4 Å². The van der Waals surface area contributed by atoms with Gasteiger partial charge in [-0.25, -0.2) is 4.79 Å². The van der Waals surface area contributed by atoms with Gasteiger partial charge in [0.05, 0.1) is 0 Å². The summed E-state index contributed by atoms with van der Waals surface area (Å²) in [6.07, 6.45) is 6.66. The number of Topliss-reactive ketones (excluding diaryl/α,β-unsaturated/α-hetero) is 1. The molecule has 1 heterocycles. The Morgan fingerprint density at radius 1 is 1.29 bits per heavy atom. The number of hydrogen-bond donors (Lipinski definition) is 0. The molecule has 0 saturated heterocycles. The van der Waals surface area contributed by atoms with Gasteiger partial charge in [-0.2, -0.15) is 0 Å². The lowest BCUT2D eigenvalue weighted by molar-refractivity contribution is -0.152. The van der Waals surface area contributed by atoms with Crippen LogP contribution in [0.3, 0.4) is 0 Å². The second-order valence-electron chi connectivity index (χ2n) is 5.66. The third-order valence-corrected chi connectivity index (χ3v) is 4.01. The summed E-state index contributed by atoms with van der Waals surface area (Å²) < 4.78 is 5.69. The molecule has 2 rings (SSSR count). The van der Waals surface area contributed by atoms with E-state index >= 15 is 0 Å². The first-order valence-corrected chi connectivity index (χ1v) is 7.55. The molecule has 21 heavy (non-hydrogen) atoms. The Bertz CT molecular complexity index is 533. The highest BCUT2D eigenvalue weighted by molar-refractivity contribution is 5.86. The van der Waals surface area contributed by atoms with Crippen LogP contribution in [-0.4, -0.2) is 11.8 Å². The van der Waals surface area contributed by atoms with Crippen LogP contribution in [0.4, 0.5) is 0 Å². The Kier molecular flexibility index (Phi) is 4.94. The lowest BCUT2D eigenvalue weighted by Crippen LogP contribution is -2.36. The van der Waals surface area contributed by atoms with Gasteiger partial charge in [0, 0.05) is 18.4 Å². The molecule has 1 aromatic carbocycles. The molecule has 0 amide bonds. The standard InChI is InChI=1S/C18H22O3/c1-3-4-8-16(13-14(2)19)18(12-11-17(20)21-18)15-9-6-5-7-10-15/h5-7,9-12,16H,3-4,8,13H2,1-2H3/t16-,18-/m1/s1. The van der Waals surface area contributed by atoms with Crippen molar-refractivity contribution in [3.63, 3.8) is 0 Å². The largest absolute Gasteiger partial charge is 0.446 e. The van der Waals surface area contributed by atoms with Crippen LogP contribution in [0.2, 0.25) is 0 Å². The van der Waals surface area contributed by atoms with Gasteiger partial charge in [0.15, 0.2) is 5.60 Å². The van der Waals surface area contributed by atoms with Crippen molar-refractivity contribution in [2.24, 2.45) is 5.92 Å². The first kappa shape index (κ1) is 15.5. The van der Waals surface area contributed by atoms with E-state index in [9.17, 15) is 9.59 Å². The number of hydrogen-bond acceptors (Lipinski definition) is 3. The highest BCUT2D eigenvalue weighted by atomic mass is 16.6. The molecule has 0 fully saturated rings. The fraction of sp³-hybridized carbons (Fsp3) is 0.444. The number of esters is 1. The zero-order valence-electron chi connectivity index (χ0n) is 12.7. The molecule has 0 unspecified atom stereocenters. The quantitative estimate of drug-likeness (QED) is 0.716. The summed E-state index contributed by atoms with van der Waals surface area (Å²) in [6, 6.07) is 9.72. The van der Waals surface area contributed by atoms with Crippen molar-refractivity contribution in [3.05, 3.63) is 48.0 Å². The van der Waals surface area contributed by atoms with Crippen molar-refractivity contribution in [1.82, 2.24) is 0 Å². The van der Waals surface area contributed by atoms with Crippen molar-refractivity contribution in [3.8, 4) is 0 Å². The summed E-state index contributed by atoms with van der Waals surface area (Å²) in [5, 5.41) is 0. The first-order chi connectivity index (χ1) is 10.1. The molecule has 3 heteroatoms. The van der Waals surface area contributed by atoms with Crippen LogP contribution in [0, 0.1) is 5.92 Å². The number of unbranched alkanes of at least 4 members (excludes halogenated alkanes) is 1. The van der Waals surface area contributed by atoms with Crippen molar-refractivity contribution in [2.45, 2.75) is 45.1 Å². The smallest absolute Gasteiger partial charge is 0.331 e. The maximum Gasteiger partial charge on any atom is 0.331 e. The summed E-state index contributed by atoms with van der Waals surface area (Å²) in [5.41, 5.74) is 0.147. The Morgan fingerprint density at radius 3 is 2.52 bits per heavy atom. The SMILES string of the molecule is CCCC[C@H](CC(C)=O)[C@]1(c2ccccc2)C=CC(=O)O1. The second kappa shape index (κ2) is 6.70. The van der Waals surface area contributed by atoms with E-state index in [-0.39, 0.29) is 17.7 Å². The third-order valence-electron chi connectivity index (χ3n) is 4.01. The molecule has 0 spiro atoms. The van der Waals surface area contributed by atoms with Gasteiger partial charge in [0.2, 0.25) is 0 Å². The maximum absolute atomic E-state index is 11.7. The van der Waals surface area contributed by atoms with E-state index in [0.717, 1.165) is 24.8 Å². The number of carbonyl (C=O) groups excluding carboxylic acids is 2. The molecule has 0 aliphatic carbocycles. The van der Waals surface area contributed by atoms with Crippen molar-refractivity contribution < 1.29 is 14.3 Å². The average molecular weight is 286 g/mol. The number of rotatable bonds is 7. The van der Waals surface area contributed by atoms with Gasteiger partial charge in [-0.3, -0.25) is 0 Å². The Labute approximate surface area is 126 Å². The van der Waals surface area contributed by atoms with Crippen molar-refractivity contribution in [2.75, 3.05) is 0 Å². The van der Waals surface area contributed by atoms with E-state index in [1.165, 1.54) is 6.08 Å². The van der Waals surface area contributed by atoms with Crippen LogP contribution in [0.15, 0.2) is 42.5 Å². The predicted octanol–water partition coefficient (Wildman–Crippen LogP) is 3.78. The highest BCUT2D eigenvalue weighted by Gasteiger charge is 2.44. The minimum atomic E-state index is -0.792. The summed E-state index contributed by atoms with van der Waals surface area (Å²) in [7, 11) is 0. The number of benzene rings is 1. The third kappa shape index (κ3) is 3.41. The molecule has 2 atom stereocenters. The number of ether oxygens (including phenoxy) is 1. The molecule has 1 aliphatic heterocycles. The van der Waals surface area contributed by atoms with Crippen LogP contribution in [-0.2, 0) is 19.9 Å². The van der Waals surface area contributed by atoms with Gasteiger partial charge in [0.25, 0.3) is 0 Å². The summed E-state index contributed by atoms with van der Waals surface area (Å²) in [6.45, 7) is 3.72. The van der Waals surface area contributed by atoms with E-state index in [1.807, 2.05) is 36.4 Å². The fourth-order valence-corrected chi connectivity index (χ4v) is 3.00. The van der Waals surface area contributed by atoms with Gasteiger partial charge in [-0.05, 0) is 25.0 Å². The molecule has 1 aliphatic rings. The van der Waals surface area contributed by atoms with Gasteiger partial charge >= 0.3 is 5.97 Å². The van der Waals surface area contributed by atoms with Crippen LogP contribution in [0.5, 0.6) is 0 Å². The molecule has 0 bridgehead atoms. The molecule has 112 valence electrons. The number of cyclic esters (lactones) is 1. The highest BCUT2D eigenvalue weighted by Crippen LogP contribution is 2.43. The van der Waals surface area contributed by atoms with Gasteiger partial charge in [-0.15, -0.1) is 0 Å². The van der Waals surface area contributed by atoms with Crippen LogP contribution >= 0.6 is 0 Å². The molecule has 0 aromatic heterocycles. The number of ketones is 1. The normalized spacial score (nSPS) is 22.1. The Hall–Kier alpha value is -1.90. The molecule has 0 N–H and O–H groups in total. The van der Waals surface area contributed by atoms with Crippen LogP contribution < -0.4 is 0 Å². The molecule has 0 saturated carbocycles. The van der Waals surface area contributed by atoms with Crippen molar-refractivity contribution in [1.29, 1.82) is 0 Å². The summed E-state index contributed by atoms with van der Waals surface area (Å²) in [4.78, 5) is 23.4. The van der Waals surface area contributed by atoms with E-state index in [4.69, 9.17) is 4.74 Å². The zero-order chi connectivity index (χ0) is 15.3. The molecule has 0 radical (unpaired) electrons. The fourth-order valence-electron chi connectivity index (χ4n) is 3.00. The first-order valence-electron chi connectivity index (χ1n) is 7.55. The summed E-state index contributed by atoms with van der Waals surface area (Å²) in [5.74, 6) is -0.216. The van der Waals surface area contributed by atoms with E-state index in [2.05, 4.69) is 6.92 Å². The molecular weight excluding hydrogens is 264 g/mol. The molecule has 1 aromatic rings.